The van der Waals surface area contributed by atoms with Gasteiger partial charge in [0.1, 0.15) is 0 Å². The first-order valence-electron chi connectivity index (χ1n) is 17.7. The topological polar surface area (TPSA) is 16.8 Å². The molecule has 0 spiro atoms. The predicted octanol–water partition coefficient (Wildman–Crippen LogP) is 12.5. The second-order valence-electron chi connectivity index (χ2n) is 13.8. The third kappa shape index (κ3) is 3.88. The number of allylic oxidation sites excluding steroid dienone is 4. The summed E-state index contributed by atoms with van der Waals surface area (Å²) < 4.78 is 2.55. The average molecular weight is 637 g/mol. The summed E-state index contributed by atoms with van der Waals surface area (Å²) in [5.41, 5.74) is 15.1. The fraction of sp³-hybridized carbons (Fsp3) is 0.0625. The lowest BCUT2D eigenvalue weighted by Gasteiger charge is -2.25. The summed E-state index contributed by atoms with van der Waals surface area (Å²) in [6.45, 7) is 0. The lowest BCUT2D eigenvalue weighted by atomic mass is 9.78. The molecule has 0 fully saturated rings. The van der Waals surface area contributed by atoms with Crippen molar-refractivity contribution < 1.29 is 0 Å². The minimum absolute atomic E-state index is 0.146. The van der Waals surface area contributed by atoms with Crippen LogP contribution >= 0.6 is 0 Å². The van der Waals surface area contributed by atoms with Gasteiger partial charge >= 0.3 is 0 Å². The molecule has 1 aliphatic carbocycles. The first-order valence-corrected chi connectivity index (χ1v) is 17.7. The molecule has 3 heterocycles. The van der Waals surface area contributed by atoms with Crippen molar-refractivity contribution in [3.05, 3.63) is 186 Å². The SMILES string of the molecule is C1=C(/C2CCc3ccccc3-c3cc4c5ccccc5n5c6ccc7ccccc7c6c(c32)c45)c2ccccc2/N=C(c2ccccc2)/C=C/1. The predicted molar refractivity (Wildman–Crippen MR) is 211 cm³/mol. The largest absolute Gasteiger partial charge is 0.308 e. The van der Waals surface area contributed by atoms with Gasteiger partial charge in [-0.3, -0.25) is 0 Å². The van der Waals surface area contributed by atoms with Crippen molar-refractivity contribution >= 4 is 65.8 Å². The molecule has 11 rings (SSSR count). The molecule has 7 aromatic carbocycles. The second kappa shape index (κ2) is 10.6. The lowest BCUT2D eigenvalue weighted by molar-refractivity contribution is 0.766. The summed E-state index contributed by atoms with van der Waals surface area (Å²) in [6, 6.07) is 53.4. The van der Waals surface area contributed by atoms with Crippen LogP contribution in [0.1, 0.15) is 34.6 Å². The molecule has 0 saturated heterocycles. The summed E-state index contributed by atoms with van der Waals surface area (Å²) in [7, 11) is 0. The van der Waals surface area contributed by atoms with E-state index in [0.717, 1.165) is 29.8 Å². The third-order valence-electron chi connectivity index (χ3n) is 11.2. The van der Waals surface area contributed by atoms with Crippen molar-refractivity contribution in [2.24, 2.45) is 4.99 Å². The maximum Gasteiger partial charge on any atom is 0.0712 e. The highest BCUT2D eigenvalue weighted by Crippen LogP contribution is 2.54. The van der Waals surface area contributed by atoms with Gasteiger partial charge in [-0.15, -0.1) is 0 Å². The molecule has 1 atom stereocenters. The number of hydrogen-bond donors (Lipinski definition) is 0. The molecule has 0 amide bonds. The summed E-state index contributed by atoms with van der Waals surface area (Å²) in [4.78, 5) is 5.33. The van der Waals surface area contributed by atoms with Crippen LogP contribution in [0.5, 0.6) is 0 Å². The molecule has 234 valence electrons. The van der Waals surface area contributed by atoms with E-state index in [1.165, 1.54) is 82.3 Å². The van der Waals surface area contributed by atoms with Crippen LogP contribution in [0, 0.1) is 0 Å². The van der Waals surface area contributed by atoms with E-state index in [4.69, 9.17) is 4.99 Å². The molecule has 1 aliphatic heterocycles. The van der Waals surface area contributed by atoms with Gasteiger partial charge in [0.15, 0.2) is 0 Å². The van der Waals surface area contributed by atoms with Gasteiger partial charge in [-0.2, -0.15) is 0 Å². The Labute approximate surface area is 290 Å². The van der Waals surface area contributed by atoms with Crippen LogP contribution in [-0.2, 0) is 6.42 Å². The molecule has 0 N–H and O–H groups in total. The van der Waals surface area contributed by atoms with E-state index < -0.39 is 0 Å². The summed E-state index contributed by atoms with van der Waals surface area (Å²) in [5, 5.41) is 7.97. The Morgan fingerprint density at radius 1 is 0.580 bits per heavy atom. The molecule has 2 aliphatic rings. The van der Waals surface area contributed by atoms with E-state index in [9.17, 15) is 0 Å². The minimum Gasteiger partial charge on any atom is -0.308 e. The van der Waals surface area contributed by atoms with Gasteiger partial charge in [0.2, 0.25) is 0 Å². The zero-order valence-electron chi connectivity index (χ0n) is 27.5. The van der Waals surface area contributed by atoms with Crippen LogP contribution in [0.3, 0.4) is 0 Å². The Morgan fingerprint density at radius 2 is 1.34 bits per heavy atom. The zero-order chi connectivity index (χ0) is 32.8. The second-order valence-corrected chi connectivity index (χ2v) is 13.8. The van der Waals surface area contributed by atoms with Crippen molar-refractivity contribution in [1.29, 1.82) is 0 Å². The molecule has 0 radical (unpaired) electrons. The molecule has 9 aromatic rings. The van der Waals surface area contributed by atoms with Gasteiger partial charge < -0.3 is 4.40 Å². The number of aromatic nitrogens is 1. The Kier molecular flexibility index (Phi) is 5.88. The molecular weight excluding hydrogens is 605 g/mol. The fourth-order valence-electron chi connectivity index (χ4n) is 9.08. The Morgan fingerprint density at radius 3 is 2.26 bits per heavy atom. The summed E-state index contributed by atoms with van der Waals surface area (Å²) in [6.07, 6.45) is 8.80. The number of rotatable bonds is 2. The first-order chi connectivity index (χ1) is 24.8. The first kappa shape index (κ1) is 27.7. The Hall–Kier alpha value is -6.25. The van der Waals surface area contributed by atoms with Gasteiger partial charge in [-0.05, 0) is 81.8 Å². The molecule has 50 heavy (non-hydrogen) atoms. The maximum atomic E-state index is 5.33. The number of hydrogen-bond acceptors (Lipinski definition) is 1. The minimum atomic E-state index is 0.146. The molecule has 1 unspecified atom stereocenters. The van der Waals surface area contributed by atoms with E-state index in [0.29, 0.717) is 0 Å². The molecule has 2 aromatic heterocycles. The highest BCUT2D eigenvalue weighted by atomic mass is 14.9. The van der Waals surface area contributed by atoms with Crippen LogP contribution < -0.4 is 0 Å². The van der Waals surface area contributed by atoms with Crippen molar-refractivity contribution in [1.82, 2.24) is 4.40 Å². The van der Waals surface area contributed by atoms with E-state index in [1.54, 1.807) is 0 Å². The van der Waals surface area contributed by atoms with Gasteiger partial charge in [0.05, 0.1) is 27.9 Å². The standard InChI is InChI=1S/C48H32N2/c1-2-15-32(16-3-1)41-23-12-21-35(36-19-8-10-22-42(36)49-41)38-27-25-30-13-4-6-17-33(30)39-29-40-37-20-9-11-24-43(37)50-44-28-26-31-14-5-7-18-34(31)46(44)47(45(38)39)48(40)50/h1-24,26,28-29,38H,25,27H2/b21-12?,23-12+,35-21+,36-35?,41-23?,49-41-,49-42?. The number of aryl methyl sites for hydroxylation is 1. The quantitative estimate of drug-likeness (QED) is 0.180. The van der Waals surface area contributed by atoms with Gasteiger partial charge in [-0.1, -0.05) is 133 Å². The normalized spacial score (nSPS) is 18.5. The van der Waals surface area contributed by atoms with Crippen LogP contribution in [0.2, 0.25) is 0 Å². The molecule has 2 nitrogen and oxygen atoms in total. The third-order valence-corrected chi connectivity index (χ3v) is 11.2. The maximum absolute atomic E-state index is 5.33. The van der Waals surface area contributed by atoms with Crippen molar-refractivity contribution in [2.45, 2.75) is 18.8 Å². The molecule has 0 bridgehead atoms. The highest BCUT2D eigenvalue weighted by Gasteiger charge is 2.33. The van der Waals surface area contributed by atoms with Crippen molar-refractivity contribution in [3.8, 4) is 11.1 Å². The number of aliphatic imine (C=N–C) groups is 1. The average Bonchev–Trinajstić information content (AvgIpc) is 3.63. The van der Waals surface area contributed by atoms with E-state index >= 15 is 0 Å². The van der Waals surface area contributed by atoms with Crippen LogP contribution in [0.4, 0.5) is 5.69 Å². The smallest absolute Gasteiger partial charge is 0.0712 e. The fourth-order valence-corrected chi connectivity index (χ4v) is 9.08. The molecular formula is C48H32N2. The van der Waals surface area contributed by atoms with Gasteiger partial charge in [0, 0.05) is 38.6 Å². The van der Waals surface area contributed by atoms with E-state index in [1.807, 2.05) is 0 Å². The monoisotopic (exact) mass is 636 g/mol. The van der Waals surface area contributed by atoms with E-state index in [-0.39, 0.29) is 5.92 Å². The van der Waals surface area contributed by atoms with Crippen molar-refractivity contribution in [3.63, 3.8) is 0 Å². The summed E-state index contributed by atoms with van der Waals surface area (Å²) in [5.74, 6) is 0.146. The Balaban J connectivity index is 1.29. The van der Waals surface area contributed by atoms with Crippen molar-refractivity contribution in [2.75, 3.05) is 0 Å². The zero-order valence-corrected chi connectivity index (χ0v) is 27.5. The van der Waals surface area contributed by atoms with Gasteiger partial charge in [0.25, 0.3) is 0 Å². The number of para-hydroxylation sites is 2. The van der Waals surface area contributed by atoms with Crippen LogP contribution in [-0.4, -0.2) is 10.1 Å². The van der Waals surface area contributed by atoms with Gasteiger partial charge in [-0.25, -0.2) is 4.99 Å². The van der Waals surface area contributed by atoms with Crippen LogP contribution in [0.15, 0.2) is 169 Å². The Bertz CT molecular complexity index is 2920. The highest BCUT2D eigenvalue weighted by molar-refractivity contribution is 6.31. The molecule has 2 heteroatoms. The number of fused-ring (bicyclic) bond motifs is 13. The summed E-state index contributed by atoms with van der Waals surface area (Å²) >= 11 is 0. The number of benzene rings is 7. The lowest BCUT2D eigenvalue weighted by Crippen LogP contribution is -2.06. The number of nitrogens with zero attached hydrogens (tertiary/aromatic N) is 2. The van der Waals surface area contributed by atoms with Crippen LogP contribution in [0.25, 0.3) is 65.6 Å². The molecule has 0 saturated carbocycles. The van der Waals surface area contributed by atoms with E-state index in [2.05, 4.69) is 168 Å².